The zero-order valence-electron chi connectivity index (χ0n) is 23.9. The molecule has 6 nitrogen and oxygen atoms in total. The molecule has 0 spiro atoms. The van der Waals surface area contributed by atoms with E-state index in [-0.39, 0.29) is 42.1 Å². The molecule has 2 amide bonds. The SMILES string of the molecule is C/C=C(C)/C(Br)=C\C=C/CCC.C=C(C)C(C)(C)NC(=O)C1[C@@H]2C[C@H]1CN(C(=O)CCCOC(C)=O)C2. The highest BCUT2D eigenvalue weighted by atomic mass is 79.9. The van der Waals surface area contributed by atoms with E-state index in [9.17, 15) is 14.4 Å². The number of fused-ring (bicyclic) bond motifs is 2. The molecule has 1 unspecified atom stereocenters. The van der Waals surface area contributed by atoms with Gasteiger partial charge in [-0.05, 0) is 77.4 Å². The zero-order chi connectivity index (χ0) is 28.2. The van der Waals surface area contributed by atoms with Crippen molar-refractivity contribution < 1.29 is 19.1 Å². The molecule has 1 N–H and O–H groups in total. The Labute approximate surface area is 232 Å². The predicted molar refractivity (Wildman–Crippen MR) is 155 cm³/mol. The Morgan fingerprint density at radius 1 is 1.16 bits per heavy atom. The first-order chi connectivity index (χ1) is 17.3. The van der Waals surface area contributed by atoms with Gasteiger partial charge in [0.15, 0.2) is 0 Å². The van der Waals surface area contributed by atoms with E-state index in [1.54, 1.807) is 0 Å². The van der Waals surface area contributed by atoms with Crippen molar-refractivity contribution in [2.45, 2.75) is 86.1 Å². The Kier molecular flexibility index (Phi) is 14.2. The number of esters is 1. The van der Waals surface area contributed by atoms with E-state index >= 15 is 0 Å². The van der Waals surface area contributed by atoms with Crippen LogP contribution in [-0.4, -0.2) is 47.9 Å². The van der Waals surface area contributed by atoms with Crippen LogP contribution in [0.15, 0.2) is 46.5 Å². The van der Waals surface area contributed by atoms with Gasteiger partial charge >= 0.3 is 5.97 Å². The lowest BCUT2D eigenvalue weighted by atomic mass is 9.61. The first-order valence-electron chi connectivity index (χ1n) is 13.4. The van der Waals surface area contributed by atoms with Crippen LogP contribution >= 0.6 is 15.9 Å². The van der Waals surface area contributed by atoms with Crippen LogP contribution < -0.4 is 5.32 Å². The highest BCUT2D eigenvalue weighted by molar-refractivity contribution is 9.12. The van der Waals surface area contributed by atoms with Crippen molar-refractivity contribution in [1.29, 1.82) is 0 Å². The van der Waals surface area contributed by atoms with Crippen LogP contribution in [0.2, 0.25) is 0 Å². The number of nitrogens with zero attached hydrogens (tertiary/aromatic N) is 1. The zero-order valence-corrected chi connectivity index (χ0v) is 25.4. The third-order valence-electron chi connectivity index (χ3n) is 7.17. The number of halogens is 1. The van der Waals surface area contributed by atoms with Crippen LogP contribution in [0.5, 0.6) is 0 Å². The molecule has 2 saturated heterocycles. The number of carbonyl (C=O) groups excluding carboxylic acids is 3. The molecule has 3 fully saturated rings. The minimum Gasteiger partial charge on any atom is -0.466 e. The van der Waals surface area contributed by atoms with Crippen molar-refractivity contribution in [2.24, 2.45) is 17.8 Å². The maximum Gasteiger partial charge on any atom is 0.302 e. The fourth-order valence-corrected chi connectivity index (χ4v) is 4.68. The van der Waals surface area contributed by atoms with Crippen LogP contribution in [0.4, 0.5) is 0 Å². The third-order valence-corrected chi connectivity index (χ3v) is 8.06. The van der Waals surface area contributed by atoms with Gasteiger partial charge in [-0.3, -0.25) is 14.4 Å². The molecule has 7 heteroatoms. The number of hydrogen-bond donors (Lipinski definition) is 1. The van der Waals surface area contributed by atoms with Gasteiger partial charge in [-0.1, -0.05) is 59.7 Å². The van der Waals surface area contributed by atoms with Gasteiger partial charge in [0.25, 0.3) is 0 Å². The van der Waals surface area contributed by atoms with Crippen molar-refractivity contribution in [1.82, 2.24) is 10.2 Å². The minimum absolute atomic E-state index is 0.00345. The molecule has 1 aliphatic carbocycles. The summed E-state index contributed by atoms with van der Waals surface area (Å²) in [5.41, 5.74) is 1.79. The predicted octanol–water partition coefficient (Wildman–Crippen LogP) is 6.48. The summed E-state index contributed by atoms with van der Waals surface area (Å²) in [7, 11) is 0. The number of rotatable bonds is 11. The lowest BCUT2D eigenvalue weighted by Crippen LogP contribution is -2.62. The van der Waals surface area contributed by atoms with Crippen LogP contribution in [0.25, 0.3) is 0 Å². The van der Waals surface area contributed by atoms with Gasteiger partial charge in [0.05, 0.1) is 12.1 Å². The van der Waals surface area contributed by atoms with Crippen LogP contribution in [0, 0.1) is 17.8 Å². The van der Waals surface area contributed by atoms with E-state index < -0.39 is 5.54 Å². The molecule has 0 aromatic carbocycles. The monoisotopic (exact) mass is 578 g/mol. The molecule has 0 radical (unpaired) electrons. The quantitative estimate of drug-likeness (QED) is 0.132. The van der Waals surface area contributed by atoms with Gasteiger partial charge < -0.3 is 15.0 Å². The third kappa shape index (κ3) is 11.0. The maximum absolute atomic E-state index is 12.6. The molecule has 1 saturated carbocycles. The van der Waals surface area contributed by atoms with E-state index in [0.29, 0.717) is 25.9 Å². The molecule has 0 aromatic heterocycles. The summed E-state index contributed by atoms with van der Waals surface area (Å²) in [6.45, 7) is 19.0. The summed E-state index contributed by atoms with van der Waals surface area (Å²) in [6, 6.07) is 0. The average Bonchev–Trinajstić information content (AvgIpc) is 2.83. The molecule has 3 aliphatic rings. The van der Waals surface area contributed by atoms with Gasteiger partial charge in [0, 0.05) is 36.8 Å². The molecule has 3 rings (SSSR count). The summed E-state index contributed by atoms with van der Waals surface area (Å²) in [5, 5.41) is 3.09. The molecule has 0 aromatic rings. The smallest absolute Gasteiger partial charge is 0.302 e. The van der Waals surface area contributed by atoms with E-state index in [4.69, 9.17) is 4.74 Å². The summed E-state index contributed by atoms with van der Waals surface area (Å²) in [5.74, 6) is 0.343. The number of allylic oxidation sites excluding steroid dienone is 6. The highest BCUT2D eigenvalue weighted by Crippen LogP contribution is 2.46. The number of piperidine rings is 2. The van der Waals surface area contributed by atoms with Crippen LogP contribution in [-0.2, 0) is 19.1 Å². The van der Waals surface area contributed by atoms with Gasteiger partial charge in [-0.25, -0.2) is 0 Å². The molecule has 208 valence electrons. The van der Waals surface area contributed by atoms with E-state index in [0.717, 1.165) is 22.9 Å². The highest BCUT2D eigenvalue weighted by Gasteiger charge is 2.51. The first-order valence-corrected chi connectivity index (χ1v) is 14.2. The fraction of sp³-hybridized carbons (Fsp3) is 0.633. The number of ether oxygens (including phenoxy) is 1. The topological polar surface area (TPSA) is 75.7 Å². The van der Waals surface area contributed by atoms with Crippen molar-refractivity contribution in [2.75, 3.05) is 19.7 Å². The second kappa shape index (κ2) is 16.0. The summed E-state index contributed by atoms with van der Waals surface area (Å²) in [6.07, 6.45) is 12.8. The molecular weight excluding hydrogens is 532 g/mol. The Morgan fingerprint density at radius 2 is 1.78 bits per heavy atom. The number of hydrogen-bond acceptors (Lipinski definition) is 4. The second-order valence-electron chi connectivity index (χ2n) is 10.6. The first kappa shape index (κ1) is 32.9. The van der Waals surface area contributed by atoms with Crippen LogP contribution in [0.1, 0.15) is 80.6 Å². The Balaban J connectivity index is 0.000000482. The fourth-order valence-electron chi connectivity index (χ4n) is 4.30. The normalized spacial score (nSPS) is 21.5. The van der Waals surface area contributed by atoms with Crippen molar-refractivity contribution in [3.05, 3.63) is 46.5 Å². The van der Waals surface area contributed by atoms with E-state index in [1.165, 1.54) is 18.9 Å². The number of carbonyl (C=O) groups is 3. The molecule has 2 aliphatic heterocycles. The van der Waals surface area contributed by atoms with Gasteiger partial charge in [-0.2, -0.15) is 0 Å². The van der Waals surface area contributed by atoms with E-state index in [2.05, 4.69) is 66.0 Å². The largest absolute Gasteiger partial charge is 0.466 e. The average molecular weight is 580 g/mol. The van der Waals surface area contributed by atoms with Gasteiger partial charge in [0.1, 0.15) is 0 Å². The molecular formula is C30H47BrN2O4. The van der Waals surface area contributed by atoms with Gasteiger partial charge in [0.2, 0.25) is 11.8 Å². The maximum atomic E-state index is 12.6. The summed E-state index contributed by atoms with van der Waals surface area (Å²) < 4.78 is 6.02. The van der Waals surface area contributed by atoms with E-state index in [1.807, 2.05) is 32.6 Å². The number of amides is 2. The Hall–Kier alpha value is -2.15. The molecule has 37 heavy (non-hydrogen) atoms. The van der Waals surface area contributed by atoms with Crippen LogP contribution in [0.3, 0.4) is 0 Å². The Bertz CT molecular complexity index is 891. The van der Waals surface area contributed by atoms with Gasteiger partial charge in [-0.15, -0.1) is 0 Å². The summed E-state index contributed by atoms with van der Waals surface area (Å²) in [4.78, 5) is 37.5. The molecule has 2 bridgehead atoms. The minimum atomic E-state index is -0.410. The van der Waals surface area contributed by atoms with Crippen molar-refractivity contribution in [3.8, 4) is 0 Å². The molecule has 2 heterocycles. The summed E-state index contributed by atoms with van der Waals surface area (Å²) >= 11 is 3.50. The molecule has 3 atom stereocenters. The Morgan fingerprint density at radius 3 is 2.30 bits per heavy atom. The lowest BCUT2D eigenvalue weighted by Gasteiger charge is -2.53. The number of unbranched alkanes of at least 4 members (excludes halogenated alkanes) is 1. The standard InChI is InChI=1S/C19H30N2O4.C11H17Br/c1-12(2)19(4,5)20-18(24)17-14-9-15(17)11-21(10-14)16(23)7-6-8-25-13(3)22;1-4-6-7-8-9-11(12)10(3)5-2/h14-15,17H,1,6-11H2,2-5H3,(H,20,24);5,7-9H,4,6H2,1-3H3/b;8-7-,10-5+,11-9+/t14-,15+,17?;. The lowest BCUT2D eigenvalue weighted by molar-refractivity contribution is -0.153. The van der Waals surface area contributed by atoms with Crippen molar-refractivity contribution in [3.63, 3.8) is 0 Å². The number of nitrogens with one attached hydrogen (secondary N) is 1. The second-order valence-corrected chi connectivity index (χ2v) is 11.5. The van der Waals surface area contributed by atoms with Crippen molar-refractivity contribution >= 4 is 33.7 Å².